The highest BCUT2D eigenvalue weighted by Crippen LogP contribution is 2.52. The van der Waals surface area contributed by atoms with E-state index in [4.69, 9.17) is 6.58 Å². The fourth-order valence-electron chi connectivity index (χ4n) is 10.3. The van der Waals surface area contributed by atoms with Crippen LogP contribution >= 0.6 is 0 Å². The summed E-state index contributed by atoms with van der Waals surface area (Å²) in [6.07, 6.45) is 20.9. The van der Waals surface area contributed by atoms with Crippen LogP contribution in [0.15, 0.2) is 198 Å². The molecule has 0 radical (unpaired) electrons. The molecule has 4 aliphatic carbocycles. The molecule has 0 saturated heterocycles. The van der Waals surface area contributed by atoms with Crippen molar-refractivity contribution >= 4 is 22.6 Å². The molecule has 1 aliphatic heterocycles. The molecule has 0 N–H and O–H groups in total. The average Bonchev–Trinajstić information content (AvgIpc) is 3.96. The van der Waals surface area contributed by atoms with Crippen molar-refractivity contribution in [1.82, 2.24) is 0 Å². The summed E-state index contributed by atoms with van der Waals surface area (Å²) in [6.45, 7) is 22.6. The zero-order chi connectivity index (χ0) is 44.0. The minimum atomic E-state index is -0.154. The van der Waals surface area contributed by atoms with Crippen LogP contribution in [0.2, 0.25) is 0 Å². The standard InChI is InChI=1S/C59H52N2.C2H6/c1-39-26-28-43-19-16-34-60(44-31-33-55-52(36-44)49-21-11-13-23-53(49)58(55,4)5)38-46(29-27-40(2)41(3)51(43)35-39)61(57-25-14-12-20-47(57)42-17-9-8-10-18-42)45-30-32-50-48-22-15-24-54(48)59(6,7)56(50)37-45;1-2/h8-12,14,16-18,20-22,24-26,28,30-38,43H,2,19,27,29H2,1,3-7H3;1-2H3/b34-16?,46-38+,51-41+;. The molecule has 5 aromatic rings. The number of para-hydroxylation sites is 1. The molecular formula is C61H58N2. The van der Waals surface area contributed by atoms with Crippen LogP contribution in [0.5, 0.6) is 0 Å². The Bertz CT molecular complexity index is 2910. The fraction of sp³-hybridized carbons (Fsp3) is 0.230. The minimum absolute atomic E-state index is 0.153. The van der Waals surface area contributed by atoms with Crippen LogP contribution in [0.3, 0.4) is 0 Å². The number of anilines is 3. The van der Waals surface area contributed by atoms with Crippen LogP contribution in [0.1, 0.15) is 96.9 Å². The number of fused-ring (bicyclic) bond motifs is 6. The van der Waals surface area contributed by atoms with Gasteiger partial charge in [0.25, 0.3) is 0 Å². The molecule has 1 atom stereocenters. The van der Waals surface area contributed by atoms with E-state index in [1.165, 1.54) is 83.6 Å². The Morgan fingerprint density at radius 1 is 0.762 bits per heavy atom. The molecule has 5 aromatic carbocycles. The third kappa shape index (κ3) is 7.22. The summed E-state index contributed by atoms with van der Waals surface area (Å²) in [4.78, 5) is 4.90. The van der Waals surface area contributed by atoms with E-state index in [0.29, 0.717) is 0 Å². The summed E-state index contributed by atoms with van der Waals surface area (Å²) < 4.78 is 0. The van der Waals surface area contributed by atoms with Crippen molar-refractivity contribution < 1.29 is 0 Å². The summed E-state index contributed by atoms with van der Waals surface area (Å²) in [5.74, 6) is 0.282. The Balaban J connectivity index is 0.00000249. The van der Waals surface area contributed by atoms with Crippen molar-refractivity contribution in [1.29, 1.82) is 0 Å². The predicted molar refractivity (Wildman–Crippen MR) is 268 cm³/mol. The topological polar surface area (TPSA) is 6.48 Å². The van der Waals surface area contributed by atoms with Crippen LogP contribution in [0.25, 0.3) is 27.8 Å². The van der Waals surface area contributed by atoms with E-state index in [-0.39, 0.29) is 16.7 Å². The third-order valence-electron chi connectivity index (χ3n) is 13.8. The summed E-state index contributed by atoms with van der Waals surface area (Å²) in [6, 6.07) is 44.8. The Morgan fingerprint density at radius 3 is 2.38 bits per heavy atom. The van der Waals surface area contributed by atoms with Gasteiger partial charge in [0.15, 0.2) is 0 Å². The van der Waals surface area contributed by atoms with Gasteiger partial charge in [-0.25, -0.2) is 0 Å². The highest BCUT2D eigenvalue weighted by atomic mass is 15.2. The molecule has 0 amide bonds. The van der Waals surface area contributed by atoms with Gasteiger partial charge >= 0.3 is 0 Å². The number of hydrogen-bond donors (Lipinski definition) is 0. The smallest absolute Gasteiger partial charge is 0.0537 e. The monoisotopic (exact) mass is 818 g/mol. The molecule has 0 spiro atoms. The first-order chi connectivity index (χ1) is 30.5. The largest absolute Gasteiger partial charge is 0.322 e. The number of allylic oxidation sites excluding steroid dienone is 12. The predicted octanol–water partition coefficient (Wildman–Crippen LogP) is 16.2. The lowest BCUT2D eigenvalue weighted by atomic mass is 9.81. The Morgan fingerprint density at radius 2 is 1.56 bits per heavy atom. The van der Waals surface area contributed by atoms with Gasteiger partial charge in [0.05, 0.1) is 5.69 Å². The van der Waals surface area contributed by atoms with Gasteiger partial charge in [-0.3, -0.25) is 0 Å². The molecule has 1 unspecified atom stereocenters. The van der Waals surface area contributed by atoms with Crippen molar-refractivity contribution in [2.45, 2.75) is 85.5 Å². The molecule has 63 heavy (non-hydrogen) atoms. The van der Waals surface area contributed by atoms with E-state index in [2.05, 4.69) is 215 Å². The van der Waals surface area contributed by atoms with Crippen LogP contribution in [0, 0.1) is 18.1 Å². The highest BCUT2D eigenvalue weighted by Gasteiger charge is 2.38. The maximum Gasteiger partial charge on any atom is 0.0537 e. The number of benzene rings is 4. The number of hydrogen-bond acceptors (Lipinski definition) is 2. The Hall–Kier alpha value is -6.78. The van der Waals surface area contributed by atoms with Crippen LogP contribution in [-0.4, -0.2) is 0 Å². The van der Waals surface area contributed by atoms with E-state index in [0.717, 1.165) is 36.3 Å². The van der Waals surface area contributed by atoms with E-state index in [1.807, 2.05) is 19.9 Å². The Labute approximate surface area is 376 Å². The van der Waals surface area contributed by atoms with Crippen LogP contribution in [0.4, 0.5) is 17.1 Å². The zero-order valence-corrected chi connectivity index (χ0v) is 38.2. The maximum atomic E-state index is 4.78. The third-order valence-corrected chi connectivity index (χ3v) is 13.8. The van der Waals surface area contributed by atoms with E-state index >= 15 is 0 Å². The lowest BCUT2D eigenvalue weighted by Gasteiger charge is -2.33. The lowest BCUT2D eigenvalue weighted by molar-refractivity contribution is 0.655. The minimum Gasteiger partial charge on any atom is -0.322 e. The number of rotatable bonds is 5. The molecule has 0 aromatic heterocycles. The van der Waals surface area contributed by atoms with Gasteiger partial charge in [-0.2, -0.15) is 0 Å². The van der Waals surface area contributed by atoms with E-state index in [9.17, 15) is 0 Å². The second-order valence-corrected chi connectivity index (χ2v) is 18.3. The van der Waals surface area contributed by atoms with E-state index < -0.39 is 0 Å². The van der Waals surface area contributed by atoms with Crippen molar-refractivity contribution in [2.24, 2.45) is 5.92 Å². The fourth-order valence-corrected chi connectivity index (χ4v) is 10.3. The van der Waals surface area contributed by atoms with E-state index in [1.54, 1.807) is 0 Å². The van der Waals surface area contributed by atoms with Gasteiger partial charge in [-0.05, 0) is 143 Å². The molecule has 1 heterocycles. The van der Waals surface area contributed by atoms with Gasteiger partial charge in [0.1, 0.15) is 0 Å². The van der Waals surface area contributed by atoms with Crippen LogP contribution in [-0.2, 0) is 10.8 Å². The van der Waals surface area contributed by atoms with Gasteiger partial charge in [-0.1, -0.05) is 156 Å². The molecular weight excluding hydrogens is 761 g/mol. The Kier molecular flexibility index (Phi) is 10.9. The second kappa shape index (κ2) is 16.5. The number of nitrogens with zero attached hydrogens (tertiary/aromatic N) is 2. The quantitative estimate of drug-likeness (QED) is 0.163. The van der Waals surface area contributed by atoms with Gasteiger partial charge in [0, 0.05) is 57.3 Å². The SMILES string of the molecule is C=C1CC/C(N(c2ccc3c(c2)C(C)(C)C2=C3C=C=C2)c2ccccc2-c2ccccc2)=C\N(c2ccc3c(c2)-c2ccc#cc2C3(C)C)C=CCC2C=CC(C)=C/C2=C\1C.CC. The van der Waals surface area contributed by atoms with Crippen molar-refractivity contribution in [3.8, 4) is 22.3 Å². The van der Waals surface area contributed by atoms with Gasteiger partial charge < -0.3 is 9.80 Å². The molecule has 0 saturated carbocycles. The lowest BCUT2D eigenvalue weighted by Crippen LogP contribution is -2.23. The average molecular weight is 819 g/mol. The molecule has 0 fully saturated rings. The van der Waals surface area contributed by atoms with Crippen molar-refractivity contribution in [3.63, 3.8) is 0 Å². The van der Waals surface area contributed by atoms with Crippen molar-refractivity contribution in [2.75, 3.05) is 9.80 Å². The normalized spacial score (nSPS) is 20.7. The summed E-state index contributed by atoms with van der Waals surface area (Å²) >= 11 is 0. The first-order valence-corrected chi connectivity index (χ1v) is 22.8. The maximum absolute atomic E-state index is 4.78. The van der Waals surface area contributed by atoms with Crippen molar-refractivity contribution in [3.05, 3.63) is 232 Å². The second-order valence-electron chi connectivity index (χ2n) is 18.3. The van der Waals surface area contributed by atoms with Gasteiger partial charge in [-0.15, -0.1) is 5.73 Å². The highest BCUT2D eigenvalue weighted by molar-refractivity contribution is 5.92. The molecule has 2 heteroatoms. The van der Waals surface area contributed by atoms with Gasteiger partial charge in [0.2, 0.25) is 0 Å². The summed E-state index contributed by atoms with van der Waals surface area (Å²) in [5.41, 5.74) is 25.5. The molecule has 10 rings (SSSR count). The first kappa shape index (κ1) is 41.6. The first-order valence-electron chi connectivity index (χ1n) is 22.8. The molecule has 312 valence electrons. The van der Waals surface area contributed by atoms with Crippen LogP contribution < -0.4 is 9.80 Å². The summed E-state index contributed by atoms with van der Waals surface area (Å²) in [7, 11) is 0. The molecule has 0 bridgehead atoms. The molecule has 2 nitrogen and oxygen atoms in total. The zero-order valence-electron chi connectivity index (χ0n) is 38.2. The summed E-state index contributed by atoms with van der Waals surface area (Å²) in [5, 5.41) is 0. The molecule has 5 aliphatic rings.